The van der Waals surface area contributed by atoms with Gasteiger partial charge < -0.3 is 18.8 Å². The Kier molecular flexibility index (Phi) is 5.46. The monoisotopic (exact) mass is 393 g/mol. The van der Waals surface area contributed by atoms with Gasteiger partial charge in [0.2, 0.25) is 5.89 Å². The first-order chi connectivity index (χ1) is 14.2. The normalized spacial score (nSPS) is 16.5. The molecule has 1 fully saturated rings. The lowest BCUT2D eigenvalue weighted by Gasteiger charge is -2.31. The van der Waals surface area contributed by atoms with Crippen LogP contribution in [0.3, 0.4) is 0 Å². The number of methoxy groups -OCH3 is 2. The zero-order chi connectivity index (χ0) is 20.2. The van der Waals surface area contributed by atoms with E-state index in [2.05, 4.69) is 10.2 Å². The van der Waals surface area contributed by atoms with Gasteiger partial charge in [0.1, 0.15) is 11.5 Å². The van der Waals surface area contributed by atoms with E-state index in [9.17, 15) is 4.79 Å². The molecule has 0 spiro atoms. The van der Waals surface area contributed by atoms with Crippen LogP contribution in [0.4, 0.5) is 0 Å². The van der Waals surface area contributed by atoms with Crippen molar-refractivity contribution in [2.24, 2.45) is 0 Å². The highest BCUT2D eigenvalue weighted by Gasteiger charge is 2.29. The molecule has 1 aliphatic heterocycles. The lowest BCUT2D eigenvalue weighted by Crippen LogP contribution is -2.39. The predicted molar refractivity (Wildman–Crippen MR) is 107 cm³/mol. The number of ether oxygens (including phenoxy) is 2. The third kappa shape index (κ3) is 3.94. The van der Waals surface area contributed by atoms with Gasteiger partial charge in [-0.05, 0) is 49.2 Å². The third-order valence-electron chi connectivity index (χ3n) is 5.17. The molecule has 1 aromatic heterocycles. The smallest absolute Gasteiger partial charge is 0.253 e. The average molecular weight is 393 g/mol. The lowest BCUT2D eigenvalue weighted by molar-refractivity contribution is 0.0698. The number of benzene rings is 2. The maximum atomic E-state index is 12.9. The Balaban J connectivity index is 1.50. The van der Waals surface area contributed by atoms with Crippen molar-refractivity contribution in [1.82, 2.24) is 15.1 Å². The van der Waals surface area contributed by atoms with Gasteiger partial charge in [0.15, 0.2) is 0 Å². The highest BCUT2D eigenvalue weighted by Crippen LogP contribution is 2.32. The fourth-order valence-corrected chi connectivity index (χ4v) is 3.61. The first kappa shape index (κ1) is 19.0. The Morgan fingerprint density at radius 3 is 2.62 bits per heavy atom. The molecule has 2 aromatic carbocycles. The van der Waals surface area contributed by atoms with E-state index in [1.54, 1.807) is 38.5 Å². The minimum Gasteiger partial charge on any atom is -0.497 e. The number of carbonyl (C=O) groups excluding carboxylic acids is 1. The summed E-state index contributed by atoms with van der Waals surface area (Å²) in [6.07, 6.45) is 1.79. The van der Waals surface area contributed by atoms with Crippen molar-refractivity contribution in [2.45, 2.75) is 18.8 Å². The maximum Gasteiger partial charge on any atom is 0.253 e. The first-order valence-corrected chi connectivity index (χ1v) is 9.59. The van der Waals surface area contributed by atoms with Crippen LogP contribution < -0.4 is 9.47 Å². The van der Waals surface area contributed by atoms with E-state index in [1.807, 2.05) is 29.2 Å². The van der Waals surface area contributed by atoms with E-state index >= 15 is 0 Å². The molecule has 4 rings (SSSR count). The van der Waals surface area contributed by atoms with E-state index < -0.39 is 0 Å². The van der Waals surface area contributed by atoms with Crippen LogP contribution in [-0.4, -0.2) is 48.3 Å². The number of carbonyl (C=O) groups is 1. The Morgan fingerprint density at radius 2 is 1.86 bits per heavy atom. The van der Waals surface area contributed by atoms with Gasteiger partial charge in [-0.3, -0.25) is 4.79 Å². The van der Waals surface area contributed by atoms with Gasteiger partial charge in [-0.25, -0.2) is 0 Å². The van der Waals surface area contributed by atoms with Crippen molar-refractivity contribution < 1.29 is 18.7 Å². The first-order valence-electron chi connectivity index (χ1n) is 9.59. The molecule has 1 amide bonds. The standard InChI is InChI=1S/C22H23N3O4/c1-27-17-11-9-15(10-12-17)22(26)25-13-5-6-16(14-25)20-23-24-21(29-20)18-7-3-4-8-19(18)28-2/h3-4,7-12,16H,5-6,13-14H2,1-2H3. The summed E-state index contributed by atoms with van der Waals surface area (Å²) in [7, 11) is 3.22. The molecule has 7 nitrogen and oxygen atoms in total. The zero-order valence-electron chi connectivity index (χ0n) is 16.5. The van der Waals surface area contributed by atoms with Crippen molar-refractivity contribution in [3.05, 3.63) is 60.0 Å². The summed E-state index contributed by atoms with van der Waals surface area (Å²) in [5, 5.41) is 8.46. The van der Waals surface area contributed by atoms with Crippen molar-refractivity contribution >= 4 is 5.91 Å². The van der Waals surface area contributed by atoms with Crippen LogP contribution >= 0.6 is 0 Å². The van der Waals surface area contributed by atoms with E-state index in [0.717, 1.165) is 30.7 Å². The van der Waals surface area contributed by atoms with E-state index in [4.69, 9.17) is 13.9 Å². The second-order valence-electron chi connectivity index (χ2n) is 6.96. The summed E-state index contributed by atoms with van der Waals surface area (Å²) in [6.45, 7) is 1.27. The minimum absolute atomic E-state index is 0.00169. The van der Waals surface area contributed by atoms with Crippen LogP contribution in [0, 0.1) is 0 Å². The van der Waals surface area contributed by atoms with Crippen LogP contribution in [0.1, 0.15) is 35.0 Å². The van der Waals surface area contributed by atoms with Crippen molar-refractivity contribution in [3.63, 3.8) is 0 Å². The molecule has 29 heavy (non-hydrogen) atoms. The summed E-state index contributed by atoms with van der Waals surface area (Å²) in [5.41, 5.74) is 1.41. The van der Waals surface area contributed by atoms with Crippen molar-refractivity contribution in [3.8, 4) is 23.0 Å². The number of piperidine rings is 1. The van der Waals surface area contributed by atoms with E-state index in [-0.39, 0.29) is 11.8 Å². The molecule has 0 aliphatic carbocycles. The van der Waals surface area contributed by atoms with Crippen LogP contribution in [-0.2, 0) is 0 Å². The molecule has 0 saturated carbocycles. The Hall–Kier alpha value is -3.35. The van der Waals surface area contributed by atoms with Crippen LogP contribution in [0.2, 0.25) is 0 Å². The second-order valence-corrected chi connectivity index (χ2v) is 6.96. The number of rotatable bonds is 5. The van der Waals surface area contributed by atoms with Gasteiger partial charge in [0, 0.05) is 18.7 Å². The molecule has 0 radical (unpaired) electrons. The number of hydrogen-bond donors (Lipinski definition) is 0. The lowest BCUT2D eigenvalue weighted by atomic mass is 9.97. The molecule has 0 bridgehead atoms. The number of hydrogen-bond acceptors (Lipinski definition) is 6. The molecule has 7 heteroatoms. The number of nitrogens with zero attached hydrogens (tertiary/aromatic N) is 3. The van der Waals surface area contributed by atoms with Crippen molar-refractivity contribution in [1.29, 1.82) is 0 Å². The van der Waals surface area contributed by atoms with E-state index in [1.165, 1.54) is 0 Å². The van der Waals surface area contributed by atoms with Gasteiger partial charge in [0.05, 0.1) is 25.7 Å². The Labute approximate surface area is 169 Å². The third-order valence-corrected chi connectivity index (χ3v) is 5.17. The zero-order valence-corrected chi connectivity index (χ0v) is 16.5. The minimum atomic E-state index is 0.00169. The molecular weight excluding hydrogens is 370 g/mol. The molecule has 1 saturated heterocycles. The molecular formula is C22H23N3O4. The summed E-state index contributed by atoms with van der Waals surface area (Å²) >= 11 is 0. The fourth-order valence-electron chi connectivity index (χ4n) is 3.61. The highest BCUT2D eigenvalue weighted by atomic mass is 16.5. The van der Waals surface area contributed by atoms with Gasteiger partial charge in [0.25, 0.3) is 11.8 Å². The molecule has 1 unspecified atom stereocenters. The summed E-state index contributed by atoms with van der Waals surface area (Å²) < 4.78 is 16.5. The van der Waals surface area contributed by atoms with Gasteiger partial charge in [-0.15, -0.1) is 10.2 Å². The number of likely N-dealkylation sites (tertiary alicyclic amines) is 1. The quantitative estimate of drug-likeness (QED) is 0.657. The molecule has 1 aliphatic rings. The fraction of sp³-hybridized carbons (Fsp3) is 0.318. The van der Waals surface area contributed by atoms with Crippen LogP contribution in [0.5, 0.6) is 11.5 Å². The summed E-state index contributed by atoms with van der Waals surface area (Å²) in [6, 6.07) is 14.7. The number of aromatic nitrogens is 2. The summed E-state index contributed by atoms with van der Waals surface area (Å²) in [5.74, 6) is 2.41. The molecule has 3 aromatic rings. The van der Waals surface area contributed by atoms with Crippen LogP contribution in [0.15, 0.2) is 52.9 Å². The maximum absolute atomic E-state index is 12.9. The van der Waals surface area contributed by atoms with Crippen LogP contribution in [0.25, 0.3) is 11.5 Å². The molecule has 150 valence electrons. The predicted octanol–water partition coefficient (Wildman–Crippen LogP) is 3.77. The van der Waals surface area contributed by atoms with Gasteiger partial charge >= 0.3 is 0 Å². The topological polar surface area (TPSA) is 77.7 Å². The Morgan fingerprint density at radius 1 is 1.07 bits per heavy atom. The molecule has 1 atom stereocenters. The van der Waals surface area contributed by atoms with E-state index in [0.29, 0.717) is 29.6 Å². The molecule has 2 heterocycles. The summed E-state index contributed by atoms with van der Waals surface area (Å²) in [4.78, 5) is 14.7. The Bertz CT molecular complexity index is 984. The van der Waals surface area contributed by atoms with Gasteiger partial charge in [-0.1, -0.05) is 12.1 Å². The average Bonchev–Trinajstić information content (AvgIpc) is 3.29. The van der Waals surface area contributed by atoms with Crippen molar-refractivity contribution in [2.75, 3.05) is 27.3 Å². The second kappa shape index (κ2) is 8.34. The highest BCUT2D eigenvalue weighted by molar-refractivity contribution is 5.94. The SMILES string of the molecule is COc1ccc(C(=O)N2CCCC(c3nnc(-c4ccccc4OC)o3)C2)cc1. The van der Waals surface area contributed by atoms with Gasteiger partial charge in [-0.2, -0.15) is 0 Å². The number of amides is 1. The largest absolute Gasteiger partial charge is 0.497 e. The molecule has 0 N–H and O–H groups in total. The number of para-hydroxylation sites is 1.